The number of nitrogens with one attached hydrogen (secondary N) is 1. The van der Waals surface area contributed by atoms with Crippen molar-refractivity contribution in [3.05, 3.63) is 66.7 Å². The van der Waals surface area contributed by atoms with Crippen molar-refractivity contribution in [3.63, 3.8) is 0 Å². The Kier molecular flexibility index (Phi) is 2.79. The maximum Gasteiger partial charge on any atom is 0.274 e. The van der Waals surface area contributed by atoms with E-state index in [0.717, 1.165) is 11.0 Å². The van der Waals surface area contributed by atoms with Crippen molar-refractivity contribution < 1.29 is 4.79 Å². The number of aromatic nitrogens is 4. The van der Waals surface area contributed by atoms with Crippen LogP contribution in [0, 0.1) is 0 Å². The molecule has 4 aromatic rings. The lowest BCUT2D eigenvalue weighted by molar-refractivity contribution is 0.102. The van der Waals surface area contributed by atoms with Gasteiger partial charge in [-0.3, -0.25) is 14.2 Å². The first-order valence-corrected chi connectivity index (χ1v) is 6.76. The van der Waals surface area contributed by atoms with Gasteiger partial charge in [0.1, 0.15) is 5.69 Å². The molecule has 0 bridgehead atoms. The quantitative estimate of drug-likeness (QED) is 0.615. The van der Waals surface area contributed by atoms with Crippen LogP contribution < -0.4 is 5.32 Å². The zero-order chi connectivity index (χ0) is 14.9. The number of imidazole rings is 1. The summed E-state index contributed by atoms with van der Waals surface area (Å²) in [6, 6.07) is 12.9. The van der Waals surface area contributed by atoms with E-state index in [2.05, 4.69) is 20.3 Å². The number of para-hydroxylation sites is 2. The molecule has 0 unspecified atom stereocenters. The minimum absolute atomic E-state index is 0.289. The number of hydrogen-bond acceptors (Lipinski definition) is 4. The standard InChI is InChI=1S/C16H11N5O/c22-15(18-11-4-3-8-17-10-11)13-7-9-21-14-6-2-1-5-12(14)19-16(21)20-13/h1-10H,(H,18,22). The summed E-state index contributed by atoms with van der Waals surface area (Å²) in [5.74, 6) is 0.211. The highest BCUT2D eigenvalue weighted by Crippen LogP contribution is 2.15. The first-order valence-electron chi connectivity index (χ1n) is 6.76. The van der Waals surface area contributed by atoms with Crippen LogP contribution in [0.3, 0.4) is 0 Å². The second kappa shape index (κ2) is 4.92. The second-order valence-corrected chi connectivity index (χ2v) is 4.78. The summed E-state index contributed by atoms with van der Waals surface area (Å²) in [5, 5.41) is 2.76. The Labute approximate surface area is 125 Å². The van der Waals surface area contributed by atoms with E-state index in [1.165, 1.54) is 0 Å². The fourth-order valence-electron chi connectivity index (χ4n) is 2.31. The molecule has 0 spiro atoms. The molecule has 1 aromatic carbocycles. The predicted octanol–water partition coefficient (Wildman–Crippen LogP) is 2.53. The summed E-state index contributed by atoms with van der Waals surface area (Å²) in [6.07, 6.45) is 5.03. The topological polar surface area (TPSA) is 72.2 Å². The number of nitrogens with zero attached hydrogens (tertiary/aromatic N) is 4. The Morgan fingerprint density at radius 1 is 1.05 bits per heavy atom. The Morgan fingerprint density at radius 2 is 1.95 bits per heavy atom. The van der Waals surface area contributed by atoms with Gasteiger partial charge in [-0.25, -0.2) is 9.97 Å². The van der Waals surface area contributed by atoms with Crippen molar-refractivity contribution in [3.8, 4) is 0 Å². The Morgan fingerprint density at radius 3 is 2.82 bits per heavy atom. The summed E-state index contributed by atoms with van der Waals surface area (Å²) in [6.45, 7) is 0. The number of fused-ring (bicyclic) bond motifs is 3. The monoisotopic (exact) mass is 289 g/mol. The molecule has 0 saturated carbocycles. The molecule has 3 aromatic heterocycles. The van der Waals surface area contributed by atoms with Gasteiger partial charge in [-0.05, 0) is 30.3 Å². The lowest BCUT2D eigenvalue weighted by Gasteiger charge is -2.04. The first kappa shape index (κ1) is 12.5. The summed E-state index contributed by atoms with van der Waals surface area (Å²) in [7, 11) is 0. The molecule has 0 radical (unpaired) electrons. The first-order chi connectivity index (χ1) is 10.8. The largest absolute Gasteiger partial charge is 0.319 e. The molecule has 1 N–H and O–H groups in total. The van der Waals surface area contributed by atoms with E-state index in [4.69, 9.17) is 0 Å². The summed E-state index contributed by atoms with van der Waals surface area (Å²) < 4.78 is 1.86. The molecule has 3 heterocycles. The van der Waals surface area contributed by atoms with Gasteiger partial charge in [-0.15, -0.1) is 0 Å². The molecule has 6 heteroatoms. The lowest BCUT2D eigenvalue weighted by Crippen LogP contribution is -2.14. The average Bonchev–Trinajstić information content (AvgIpc) is 2.93. The van der Waals surface area contributed by atoms with Crippen LogP contribution in [0.2, 0.25) is 0 Å². The van der Waals surface area contributed by atoms with Gasteiger partial charge in [-0.2, -0.15) is 0 Å². The van der Waals surface area contributed by atoms with Crippen LogP contribution in [0.25, 0.3) is 16.8 Å². The third-order valence-corrected chi connectivity index (χ3v) is 3.33. The zero-order valence-corrected chi connectivity index (χ0v) is 11.5. The molecule has 0 atom stereocenters. The van der Waals surface area contributed by atoms with Crippen molar-refractivity contribution in [2.45, 2.75) is 0 Å². The van der Waals surface area contributed by atoms with E-state index in [9.17, 15) is 4.79 Å². The SMILES string of the molecule is O=C(Nc1cccnc1)c1ccn2c(n1)nc1ccccc12. The maximum atomic E-state index is 12.2. The van der Waals surface area contributed by atoms with Crippen molar-refractivity contribution in [1.29, 1.82) is 0 Å². The molecule has 1 amide bonds. The normalized spacial score (nSPS) is 10.9. The van der Waals surface area contributed by atoms with Crippen molar-refractivity contribution in [2.24, 2.45) is 0 Å². The van der Waals surface area contributed by atoms with Crippen LogP contribution in [0.15, 0.2) is 61.1 Å². The van der Waals surface area contributed by atoms with Crippen molar-refractivity contribution >= 4 is 28.4 Å². The van der Waals surface area contributed by atoms with E-state index in [1.807, 2.05) is 28.7 Å². The number of amides is 1. The second-order valence-electron chi connectivity index (χ2n) is 4.78. The number of rotatable bonds is 2. The fourth-order valence-corrected chi connectivity index (χ4v) is 2.31. The molecule has 22 heavy (non-hydrogen) atoms. The van der Waals surface area contributed by atoms with E-state index < -0.39 is 0 Å². The van der Waals surface area contributed by atoms with Crippen molar-refractivity contribution in [2.75, 3.05) is 5.32 Å². The molecule has 0 saturated heterocycles. The Bertz CT molecular complexity index is 978. The van der Waals surface area contributed by atoms with Crippen molar-refractivity contribution in [1.82, 2.24) is 19.4 Å². The number of pyridine rings is 1. The van der Waals surface area contributed by atoms with Gasteiger partial charge in [0.2, 0.25) is 5.78 Å². The van der Waals surface area contributed by atoms with Crippen LogP contribution in [0.1, 0.15) is 10.5 Å². The van der Waals surface area contributed by atoms with Gasteiger partial charge in [0, 0.05) is 12.4 Å². The number of carbonyl (C=O) groups excluding carboxylic acids is 1. The third-order valence-electron chi connectivity index (χ3n) is 3.33. The highest BCUT2D eigenvalue weighted by Gasteiger charge is 2.11. The molecule has 0 fully saturated rings. The zero-order valence-electron chi connectivity index (χ0n) is 11.5. The van der Waals surface area contributed by atoms with Crippen LogP contribution in [0.4, 0.5) is 5.69 Å². The molecule has 106 valence electrons. The summed E-state index contributed by atoms with van der Waals surface area (Å²) in [4.78, 5) is 24.9. The maximum absolute atomic E-state index is 12.2. The number of carbonyl (C=O) groups is 1. The molecule has 0 aliphatic heterocycles. The predicted molar refractivity (Wildman–Crippen MR) is 82.7 cm³/mol. The van der Waals surface area contributed by atoms with Crippen LogP contribution in [-0.4, -0.2) is 25.3 Å². The van der Waals surface area contributed by atoms with Gasteiger partial charge in [0.15, 0.2) is 0 Å². The van der Waals surface area contributed by atoms with Crippen LogP contribution in [0.5, 0.6) is 0 Å². The number of benzene rings is 1. The van der Waals surface area contributed by atoms with Gasteiger partial charge in [0.05, 0.1) is 22.9 Å². The number of hydrogen-bond donors (Lipinski definition) is 1. The fraction of sp³-hybridized carbons (Fsp3) is 0. The van der Waals surface area contributed by atoms with E-state index in [1.54, 1.807) is 36.8 Å². The molecule has 0 aliphatic rings. The van der Waals surface area contributed by atoms with Gasteiger partial charge < -0.3 is 5.32 Å². The Hall–Kier alpha value is -3.28. The minimum atomic E-state index is -0.289. The van der Waals surface area contributed by atoms with Gasteiger partial charge in [0.25, 0.3) is 5.91 Å². The number of anilines is 1. The van der Waals surface area contributed by atoms with Gasteiger partial charge >= 0.3 is 0 Å². The molecular formula is C16H11N5O. The highest BCUT2D eigenvalue weighted by molar-refractivity contribution is 6.03. The lowest BCUT2D eigenvalue weighted by atomic mass is 10.3. The van der Waals surface area contributed by atoms with Gasteiger partial charge in [-0.1, -0.05) is 12.1 Å². The molecule has 6 nitrogen and oxygen atoms in total. The summed E-state index contributed by atoms with van der Waals surface area (Å²) in [5.41, 5.74) is 2.75. The average molecular weight is 289 g/mol. The smallest absolute Gasteiger partial charge is 0.274 e. The van der Waals surface area contributed by atoms with E-state index >= 15 is 0 Å². The van der Waals surface area contributed by atoms with Crippen LogP contribution in [-0.2, 0) is 0 Å². The highest BCUT2D eigenvalue weighted by atomic mass is 16.1. The third kappa shape index (κ3) is 2.07. The summed E-state index contributed by atoms with van der Waals surface area (Å²) >= 11 is 0. The Balaban J connectivity index is 1.73. The molecular weight excluding hydrogens is 278 g/mol. The molecule has 0 aliphatic carbocycles. The molecule has 4 rings (SSSR count). The van der Waals surface area contributed by atoms with Crippen LogP contribution >= 0.6 is 0 Å². The minimum Gasteiger partial charge on any atom is -0.319 e. The van der Waals surface area contributed by atoms with E-state index in [-0.39, 0.29) is 5.91 Å². The van der Waals surface area contributed by atoms with E-state index in [0.29, 0.717) is 17.2 Å².